The Morgan fingerprint density at radius 1 is 0.842 bits per heavy atom. The first-order chi connectivity index (χ1) is 8.79. The van der Waals surface area contributed by atoms with Gasteiger partial charge in [0, 0.05) is 5.56 Å². The van der Waals surface area contributed by atoms with Gasteiger partial charge in [-0.3, -0.25) is 0 Å². The van der Waals surface area contributed by atoms with Crippen molar-refractivity contribution in [2.24, 2.45) is 0 Å². The van der Waals surface area contributed by atoms with E-state index < -0.39 is 0 Å². The molecule has 100 valence electrons. The predicted molar refractivity (Wildman–Crippen MR) is 80.0 cm³/mol. The fourth-order valence-electron chi connectivity index (χ4n) is 2.22. The Bertz CT molecular complexity index is 604. The van der Waals surface area contributed by atoms with E-state index in [2.05, 4.69) is 39.0 Å². The summed E-state index contributed by atoms with van der Waals surface area (Å²) in [5.74, 6) is -0.153. The van der Waals surface area contributed by atoms with E-state index >= 15 is 0 Å². The smallest absolute Gasteiger partial charge is 0.131 e. The second kappa shape index (κ2) is 4.80. The number of hydrogen-bond donors (Lipinski definition) is 0. The quantitative estimate of drug-likeness (QED) is 0.640. The molecule has 0 aliphatic rings. The standard InChI is InChI=1S/C18H21F/c1-12-6-9-17(19)16(10-12)15-11-14(18(3,4)5)8-7-13(15)2/h6-11H,1-5H3. The van der Waals surface area contributed by atoms with Crippen LogP contribution in [0.3, 0.4) is 0 Å². The van der Waals surface area contributed by atoms with Crippen LogP contribution in [0.15, 0.2) is 36.4 Å². The molecule has 2 rings (SSSR count). The van der Waals surface area contributed by atoms with Crippen LogP contribution >= 0.6 is 0 Å². The van der Waals surface area contributed by atoms with Gasteiger partial charge in [0.2, 0.25) is 0 Å². The molecule has 2 aromatic carbocycles. The molecule has 0 spiro atoms. The molecule has 0 N–H and O–H groups in total. The molecular formula is C18H21F. The molecule has 19 heavy (non-hydrogen) atoms. The molecule has 2 aromatic rings. The molecule has 1 heteroatoms. The van der Waals surface area contributed by atoms with Crippen molar-refractivity contribution >= 4 is 0 Å². The summed E-state index contributed by atoms with van der Waals surface area (Å²) < 4.78 is 14.1. The van der Waals surface area contributed by atoms with E-state index in [1.54, 1.807) is 6.07 Å². The highest BCUT2D eigenvalue weighted by atomic mass is 19.1. The number of halogens is 1. The molecular weight excluding hydrogens is 235 g/mol. The summed E-state index contributed by atoms with van der Waals surface area (Å²) in [6.07, 6.45) is 0. The van der Waals surface area contributed by atoms with Gasteiger partial charge in [0.1, 0.15) is 5.82 Å². The van der Waals surface area contributed by atoms with Crippen LogP contribution in [0.25, 0.3) is 11.1 Å². The largest absolute Gasteiger partial charge is 0.206 e. The molecule has 0 aliphatic carbocycles. The highest BCUT2D eigenvalue weighted by molar-refractivity contribution is 5.69. The molecule has 0 nitrogen and oxygen atoms in total. The third-order valence-corrected chi connectivity index (χ3v) is 3.52. The van der Waals surface area contributed by atoms with Crippen LogP contribution in [-0.4, -0.2) is 0 Å². The number of benzene rings is 2. The summed E-state index contributed by atoms with van der Waals surface area (Å²) in [4.78, 5) is 0. The Morgan fingerprint density at radius 3 is 2.16 bits per heavy atom. The molecule has 0 fully saturated rings. The van der Waals surface area contributed by atoms with Gasteiger partial charge < -0.3 is 0 Å². The second-order valence-electron chi connectivity index (χ2n) is 6.26. The summed E-state index contributed by atoms with van der Waals surface area (Å²) in [6, 6.07) is 11.6. The average Bonchev–Trinajstić information content (AvgIpc) is 2.32. The maximum Gasteiger partial charge on any atom is 0.131 e. The van der Waals surface area contributed by atoms with Crippen LogP contribution in [-0.2, 0) is 5.41 Å². The topological polar surface area (TPSA) is 0 Å². The lowest BCUT2D eigenvalue weighted by Gasteiger charge is -2.21. The molecule has 0 unspecified atom stereocenters. The van der Waals surface area contributed by atoms with Gasteiger partial charge in [0.15, 0.2) is 0 Å². The van der Waals surface area contributed by atoms with E-state index in [9.17, 15) is 4.39 Å². The fourth-order valence-corrected chi connectivity index (χ4v) is 2.22. The maximum atomic E-state index is 14.1. The molecule has 0 aliphatic heterocycles. The first kappa shape index (κ1) is 13.8. The minimum Gasteiger partial charge on any atom is -0.206 e. The van der Waals surface area contributed by atoms with Gasteiger partial charge in [0.25, 0.3) is 0 Å². The predicted octanol–water partition coefficient (Wildman–Crippen LogP) is 5.41. The number of aryl methyl sites for hydroxylation is 2. The van der Waals surface area contributed by atoms with Gasteiger partial charge in [0.05, 0.1) is 0 Å². The van der Waals surface area contributed by atoms with Crippen LogP contribution < -0.4 is 0 Å². The Morgan fingerprint density at radius 2 is 1.53 bits per heavy atom. The van der Waals surface area contributed by atoms with Crippen LogP contribution in [0, 0.1) is 19.7 Å². The zero-order valence-electron chi connectivity index (χ0n) is 12.3. The van der Waals surface area contributed by atoms with Gasteiger partial charge in [-0.2, -0.15) is 0 Å². The van der Waals surface area contributed by atoms with Crippen LogP contribution in [0.2, 0.25) is 0 Å². The van der Waals surface area contributed by atoms with Gasteiger partial charge in [-0.05, 0) is 48.1 Å². The average molecular weight is 256 g/mol. The van der Waals surface area contributed by atoms with Gasteiger partial charge in [-0.25, -0.2) is 4.39 Å². The van der Waals surface area contributed by atoms with Crippen molar-refractivity contribution < 1.29 is 4.39 Å². The summed E-state index contributed by atoms with van der Waals surface area (Å²) in [6.45, 7) is 10.5. The van der Waals surface area contributed by atoms with Gasteiger partial charge in [-0.15, -0.1) is 0 Å². The monoisotopic (exact) mass is 256 g/mol. The summed E-state index contributed by atoms with van der Waals surface area (Å²) in [5, 5.41) is 0. The van der Waals surface area contributed by atoms with E-state index in [1.807, 2.05) is 26.0 Å². The van der Waals surface area contributed by atoms with Crippen molar-refractivity contribution in [3.8, 4) is 11.1 Å². The van der Waals surface area contributed by atoms with Crippen LogP contribution in [0.1, 0.15) is 37.5 Å². The third-order valence-electron chi connectivity index (χ3n) is 3.52. The number of hydrogen-bond acceptors (Lipinski definition) is 0. The van der Waals surface area contributed by atoms with Crippen molar-refractivity contribution in [2.45, 2.75) is 40.0 Å². The molecule has 0 saturated heterocycles. The molecule has 0 amide bonds. The second-order valence-corrected chi connectivity index (χ2v) is 6.26. The van der Waals surface area contributed by atoms with Crippen molar-refractivity contribution in [2.75, 3.05) is 0 Å². The van der Waals surface area contributed by atoms with Crippen LogP contribution in [0.5, 0.6) is 0 Å². The Hall–Kier alpha value is -1.63. The molecule has 0 aromatic heterocycles. The SMILES string of the molecule is Cc1ccc(F)c(-c2cc(C(C)(C)C)ccc2C)c1. The van der Waals surface area contributed by atoms with Crippen molar-refractivity contribution in [1.82, 2.24) is 0 Å². The lowest BCUT2D eigenvalue weighted by Crippen LogP contribution is -2.11. The van der Waals surface area contributed by atoms with E-state index in [-0.39, 0.29) is 11.2 Å². The van der Waals surface area contributed by atoms with Crippen molar-refractivity contribution in [3.63, 3.8) is 0 Å². The summed E-state index contributed by atoms with van der Waals surface area (Å²) in [5.41, 5.74) is 5.18. The van der Waals surface area contributed by atoms with Gasteiger partial charge >= 0.3 is 0 Å². The first-order valence-corrected chi connectivity index (χ1v) is 6.67. The normalized spacial score (nSPS) is 11.7. The van der Waals surface area contributed by atoms with E-state index in [0.717, 1.165) is 16.7 Å². The van der Waals surface area contributed by atoms with Gasteiger partial charge in [-0.1, -0.05) is 50.6 Å². The minimum atomic E-state index is -0.153. The molecule has 0 heterocycles. The Kier molecular flexibility index (Phi) is 3.49. The van der Waals surface area contributed by atoms with Crippen molar-refractivity contribution in [1.29, 1.82) is 0 Å². The fraction of sp³-hybridized carbons (Fsp3) is 0.333. The third kappa shape index (κ3) is 2.86. The zero-order chi connectivity index (χ0) is 14.2. The molecule has 0 bridgehead atoms. The highest BCUT2D eigenvalue weighted by Gasteiger charge is 2.16. The maximum absolute atomic E-state index is 14.1. The van der Waals surface area contributed by atoms with E-state index in [1.165, 1.54) is 5.56 Å². The minimum absolute atomic E-state index is 0.0722. The van der Waals surface area contributed by atoms with E-state index in [0.29, 0.717) is 5.56 Å². The zero-order valence-corrected chi connectivity index (χ0v) is 12.3. The number of rotatable bonds is 1. The molecule has 0 saturated carbocycles. The first-order valence-electron chi connectivity index (χ1n) is 6.67. The van der Waals surface area contributed by atoms with Crippen LogP contribution in [0.4, 0.5) is 4.39 Å². The Labute approximate surface area is 115 Å². The van der Waals surface area contributed by atoms with E-state index in [4.69, 9.17) is 0 Å². The molecule has 0 atom stereocenters. The summed E-state index contributed by atoms with van der Waals surface area (Å²) >= 11 is 0. The Balaban J connectivity index is 2.64. The van der Waals surface area contributed by atoms with Crippen molar-refractivity contribution in [3.05, 3.63) is 58.9 Å². The lowest BCUT2D eigenvalue weighted by molar-refractivity contribution is 0.590. The highest BCUT2D eigenvalue weighted by Crippen LogP contribution is 2.32. The lowest BCUT2D eigenvalue weighted by atomic mass is 9.84. The summed E-state index contributed by atoms with van der Waals surface area (Å²) in [7, 11) is 0. The molecule has 0 radical (unpaired) electrons.